The first-order valence-electron chi connectivity index (χ1n) is 7.74. The number of benzene rings is 2. The van der Waals surface area contributed by atoms with Crippen molar-refractivity contribution < 1.29 is 18.0 Å². The summed E-state index contributed by atoms with van der Waals surface area (Å²) in [4.78, 5) is 15.2. The van der Waals surface area contributed by atoms with Crippen LogP contribution in [0.25, 0.3) is 5.69 Å². The third-order valence-electron chi connectivity index (χ3n) is 3.75. The van der Waals surface area contributed by atoms with Crippen LogP contribution in [-0.2, 0) is 12.7 Å². The Morgan fingerprint density at radius 3 is 2.35 bits per heavy atom. The van der Waals surface area contributed by atoms with Gasteiger partial charge in [0.05, 0.1) is 17.4 Å². The molecule has 0 saturated heterocycles. The largest absolute Gasteiger partial charge is 0.416 e. The van der Waals surface area contributed by atoms with Gasteiger partial charge in [-0.05, 0) is 29.8 Å². The molecule has 0 aliphatic heterocycles. The molecule has 2 aromatic carbocycles. The number of para-hydroxylation sites is 1. The summed E-state index contributed by atoms with van der Waals surface area (Å²) < 4.78 is 37.8. The Morgan fingerprint density at radius 1 is 1.08 bits per heavy atom. The van der Waals surface area contributed by atoms with Gasteiger partial charge in [0.25, 0.3) is 5.91 Å². The number of aromatic nitrogens is 3. The summed E-state index contributed by atoms with van der Waals surface area (Å²) in [5.41, 5.74) is 0.741. The average molecular weight is 360 g/mol. The first-order chi connectivity index (χ1) is 12.3. The maximum Gasteiger partial charge on any atom is 0.416 e. The summed E-state index contributed by atoms with van der Waals surface area (Å²) in [6, 6.07) is 13.8. The summed E-state index contributed by atoms with van der Waals surface area (Å²) in [6.07, 6.45) is -3.02. The number of alkyl halides is 3. The van der Waals surface area contributed by atoms with Crippen molar-refractivity contribution >= 4 is 5.91 Å². The van der Waals surface area contributed by atoms with E-state index < -0.39 is 11.7 Å². The molecule has 0 N–H and O–H groups in total. The molecule has 26 heavy (non-hydrogen) atoms. The zero-order valence-corrected chi connectivity index (χ0v) is 13.8. The lowest BCUT2D eigenvalue weighted by molar-refractivity contribution is -0.137. The molecule has 0 aliphatic carbocycles. The molecule has 0 radical (unpaired) electrons. The van der Waals surface area contributed by atoms with Crippen LogP contribution < -0.4 is 0 Å². The van der Waals surface area contributed by atoms with Crippen LogP contribution in [0.15, 0.2) is 60.8 Å². The molecule has 0 fully saturated rings. The number of amides is 1. The second-order valence-electron chi connectivity index (χ2n) is 5.71. The second kappa shape index (κ2) is 6.99. The fourth-order valence-corrected chi connectivity index (χ4v) is 2.39. The molecule has 5 nitrogen and oxygen atoms in total. The maximum atomic E-state index is 12.6. The highest BCUT2D eigenvalue weighted by molar-refractivity contribution is 5.91. The maximum absolute atomic E-state index is 12.6. The van der Waals surface area contributed by atoms with Crippen molar-refractivity contribution in [3.63, 3.8) is 0 Å². The molecule has 0 spiro atoms. The highest BCUT2D eigenvalue weighted by Gasteiger charge is 2.30. The third kappa shape index (κ3) is 3.90. The zero-order chi connectivity index (χ0) is 18.7. The smallest absolute Gasteiger partial charge is 0.336 e. The van der Waals surface area contributed by atoms with Gasteiger partial charge in [0.1, 0.15) is 0 Å². The van der Waals surface area contributed by atoms with Gasteiger partial charge in [-0.15, -0.1) is 5.10 Å². The van der Waals surface area contributed by atoms with Crippen molar-refractivity contribution in [2.75, 3.05) is 7.05 Å². The number of carbonyl (C=O) groups is 1. The molecule has 3 aromatic rings. The number of hydrogen-bond donors (Lipinski definition) is 0. The topological polar surface area (TPSA) is 51.0 Å². The molecule has 1 aromatic heterocycles. The van der Waals surface area contributed by atoms with Crippen LogP contribution in [0.1, 0.15) is 21.6 Å². The van der Waals surface area contributed by atoms with E-state index in [9.17, 15) is 18.0 Å². The van der Waals surface area contributed by atoms with Crippen LogP contribution in [0.3, 0.4) is 0 Å². The SMILES string of the molecule is CN(Cc1ccc(C(F)(F)F)cc1)C(=O)c1cnn(-c2ccccc2)n1. The van der Waals surface area contributed by atoms with Gasteiger partial charge in [-0.3, -0.25) is 4.79 Å². The van der Waals surface area contributed by atoms with Crippen LogP contribution >= 0.6 is 0 Å². The lowest BCUT2D eigenvalue weighted by Gasteiger charge is -2.16. The van der Waals surface area contributed by atoms with Crippen molar-refractivity contribution in [2.45, 2.75) is 12.7 Å². The zero-order valence-electron chi connectivity index (χ0n) is 13.8. The Kier molecular flexibility index (Phi) is 4.75. The number of carbonyl (C=O) groups excluding carboxylic acids is 1. The van der Waals surface area contributed by atoms with Gasteiger partial charge in [0, 0.05) is 13.6 Å². The van der Waals surface area contributed by atoms with Crippen molar-refractivity contribution in [1.29, 1.82) is 0 Å². The standard InChI is InChI=1S/C18H15F3N4O/c1-24(12-13-7-9-14(10-8-13)18(19,20)21)17(26)16-11-22-25(23-16)15-5-3-2-4-6-15/h2-11H,12H2,1H3. The lowest BCUT2D eigenvalue weighted by Crippen LogP contribution is -2.26. The lowest BCUT2D eigenvalue weighted by atomic mass is 10.1. The molecule has 1 amide bonds. The Balaban J connectivity index is 1.69. The minimum atomic E-state index is -4.38. The predicted molar refractivity (Wildman–Crippen MR) is 88.6 cm³/mol. The first kappa shape index (κ1) is 17.7. The Morgan fingerprint density at radius 2 is 1.73 bits per heavy atom. The second-order valence-corrected chi connectivity index (χ2v) is 5.71. The summed E-state index contributed by atoms with van der Waals surface area (Å²) in [7, 11) is 1.56. The van der Waals surface area contributed by atoms with Gasteiger partial charge in [0.2, 0.25) is 0 Å². The molecular formula is C18H15F3N4O. The number of halogens is 3. The Hall–Kier alpha value is -3.16. The summed E-state index contributed by atoms with van der Waals surface area (Å²) in [6.45, 7) is 0.162. The van der Waals surface area contributed by atoms with E-state index in [4.69, 9.17) is 0 Å². The molecule has 3 rings (SSSR count). The fourth-order valence-electron chi connectivity index (χ4n) is 2.39. The van der Waals surface area contributed by atoms with E-state index in [1.54, 1.807) is 19.2 Å². The van der Waals surface area contributed by atoms with E-state index >= 15 is 0 Å². The average Bonchev–Trinajstić information content (AvgIpc) is 3.11. The van der Waals surface area contributed by atoms with Crippen LogP contribution in [0.5, 0.6) is 0 Å². The molecular weight excluding hydrogens is 345 g/mol. The Labute approximate surface area is 147 Å². The highest BCUT2D eigenvalue weighted by atomic mass is 19.4. The van der Waals surface area contributed by atoms with Crippen LogP contribution in [0, 0.1) is 0 Å². The van der Waals surface area contributed by atoms with E-state index in [1.165, 1.54) is 28.0 Å². The quantitative estimate of drug-likeness (QED) is 0.715. The normalized spacial score (nSPS) is 11.4. The molecule has 0 atom stereocenters. The summed E-state index contributed by atoms with van der Waals surface area (Å²) in [5.74, 6) is -0.368. The van der Waals surface area contributed by atoms with Crippen molar-refractivity contribution in [3.8, 4) is 5.69 Å². The predicted octanol–water partition coefficient (Wildman–Crippen LogP) is 3.56. The van der Waals surface area contributed by atoms with Crippen LogP contribution in [0.4, 0.5) is 13.2 Å². The monoisotopic (exact) mass is 360 g/mol. The van der Waals surface area contributed by atoms with Gasteiger partial charge in [-0.1, -0.05) is 30.3 Å². The molecule has 0 unspecified atom stereocenters. The molecule has 134 valence electrons. The molecule has 8 heteroatoms. The number of nitrogens with zero attached hydrogens (tertiary/aromatic N) is 4. The van der Waals surface area contributed by atoms with E-state index in [0.29, 0.717) is 5.56 Å². The number of hydrogen-bond acceptors (Lipinski definition) is 3. The van der Waals surface area contributed by atoms with Crippen molar-refractivity contribution in [2.24, 2.45) is 0 Å². The minimum Gasteiger partial charge on any atom is -0.336 e. The van der Waals surface area contributed by atoms with Crippen LogP contribution in [0.2, 0.25) is 0 Å². The fraction of sp³-hybridized carbons (Fsp3) is 0.167. The van der Waals surface area contributed by atoms with Gasteiger partial charge < -0.3 is 4.90 Å². The van der Waals surface area contributed by atoms with E-state index in [2.05, 4.69) is 10.2 Å². The summed E-state index contributed by atoms with van der Waals surface area (Å²) in [5, 5.41) is 8.22. The number of rotatable bonds is 4. The van der Waals surface area contributed by atoms with Crippen LogP contribution in [-0.4, -0.2) is 32.8 Å². The van der Waals surface area contributed by atoms with Gasteiger partial charge in [-0.2, -0.15) is 23.1 Å². The van der Waals surface area contributed by atoms with E-state index in [1.807, 2.05) is 18.2 Å². The molecule has 0 bridgehead atoms. The van der Waals surface area contributed by atoms with Crippen molar-refractivity contribution in [1.82, 2.24) is 19.9 Å². The highest BCUT2D eigenvalue weighted by Crippen LogP contribution is 2.29. The van der Waals surface area contributed by atoms with Crippen molar-refractivity contribution in [3.05, 3.63) is 77.6 Å². The Bertz CT molecular complexity index is 889. The molecule has 0 saturated carbocycles. The van der Waals surface area contributed by atoms with E-state index in [-0.39, 0.29) is 18.1 Å². The van der Waals surface area contributed by atoms with E-state index in [0.717, 1.165) is 17.8 Å². The van der Waals surface area contributed by atoms with Gasteiger partial charge >= 0.3 is 6.18 Å². The summed E-state index contributed by atoms with van der Waals surface area (Å²) >= 11 is 0. The third-order valence-corrected chi connectivity index (χ3v) is 3.75. The first-order valence-corrected chi connectivity index (χ1v) is 7.74. The van der Waals surface area contributed by atoms with Gasteiger partial charge in [-0.25, -0.2) is 0 Å². The molecule has 1 heterocycles. The molecule has 0 aliphatic rings. The van der Waals surface area contributed by atoms with Gasteiger partial charge in [0.15, 0.2) is 5.69 Å². The minimum absolute atomic E-state index is 0.156.